The maximum Gasteiger partial charge on any atom is 0.215 e. The zero-order valence-electron chi connectivity index (χ0n) is 13.0. The summed E-state index contributed by atoms with van der Waals surface area (Å²) >= 11 is 0. The molecule has 0 unspecified atom stereocenters. The number of nitrogens with zero attached hydrogens (tertiary/aromatic N) is 1. The number of allylic oxidation sites excluding steroid dienone is 6. The first kappa shape index (κ1) is 16.2. The molecule has 4 heteroatoms. The third-order valence-corrected chi connectivity index (χ3v) is 3.38. The van der Waals surface area contributed by atoms with Gasteiger partial charge in [-0.1, -0.05) is 50.1 Å². The van der Waals surface area contributed by atoms with Gasteiger partial charge < -0.3 is 10.1 Å². The van der Waals surface area contributed by atoms with Gasteiger partial charge in [0, 0.05) is 16.8 Å². The van der Waals surface area contributed by atoms with Crippen molar-refractivity contribution in [2.45, 2.75) is 6.92 Å². The van der Waals surface area contributed by atoms with E-state index in [2.05, 4.69) is 29.7 Å². The zero-order chi connectivity index (χ0) is 17.0. The van der Waals surface area contributed by atoms with Crippen molar-refractivity contribution in [2.24, 2.45) is 4.99 Å². The number of nitrogens with one attached hydrogen (secondary N) is 1. The second-order valence-corrected chi connectivity index (χ2v) is 4.77. The SMILES string of the molecule is C=C/C=C\c1[nH]c(C2=NC(C=C)=C(/C=C\C)C2=O)c(O)c1C=C. The number of aromatic nitrogens is 1. The quantitative estimate of drug-likeness (QED) is 0.781. The summed E-state index contributed by atoms with van der Waals surface area (Å²) in [6, 6.07) is 0. The molecule has 2 N–H and O–H groups in total. The molecule has 2 heterocycles. The first-order valence-electron chi connectivity index (χ1n) is 7.08. The Balaban J connectivity index is 2.57. The van der Waals surface area contributed by atoms with E-state index in [9.17, 15) is 9.90 Å². The third-order valence-electron chi connectivity index (χ3n) is 3.38. The van der Waals surface area contributed by atoms with Crippen LogP contribution in [-0.2, 0) is 4.79 Å². The van der Waals surface area contributed by atoms with Crippen LogP contribution >= 0.6 is 0 Å². The molecular weight excluding hydrogens is 288 g/mol. The van der Waals surface area contributed by atoms with E-state index < -0.39 is 0 Å². The standard InChI is InChI=1S/C19H18N2O2/c1-5-9-11-15-12(7-3)18(22)16(21-15)17-19(23)13(10-6-2)14(8-4)20-17/h5-11,21-22H,1,3-4H2,2H3/b10-6-,11-9-. The molecule has 1 aliphatic rings. The molecule has 23 heavy (non-hydrogen) atoms. The predicted octanol–water partition coefficient (Wildman–Crippen LogP) is 3.95. The average molecular weight is 306 g/mol. The van der Waals surface area contributed by atoms with Gasteiger partial charge in [-0.25, -0.2) is 4.99 Å². The van der Waals surface area contributed by atoms with Crippen LogP contribution in [0.25, 0.3) is 12.2 Å². The van der Waals surface area contributed by atoms with Crippen LogP contribution in [0.15, 0.2) is 66.4 Å². The Morgan fingerprint density at radius 2 is 1.91 bits per heavy atom. The molecule has 1 aromatic rings. The normalized spacial score (nSPS) is 14.8. The first-order valence-corrected chi connectivity index (χ1v) is 7.08. The fourth-order valence-electron chi connectivity index (χ4n) is 2.33. The van der Waals surface area contributed by atoms with E-state index in [1.54, 1.807) is 30.4 Å². The highest BCUT2D eigenvalue weighted by Gasteiger charge is 2.30. The molecule has 0 saturated heterocycles. The summed E-state index contributed by atoms with van der Waals surface area (Å²) in [4.78, 5) is 19.9. The molecule has 4 nitrogen and oxygen atoms in total. The van der Waals surface area contributed by atoms with Crippen LogP contribution < -0.4 is 0 Å². The maximum absolute atomic E-state index is 12.6. The lowest BCUT2D eigenvalue weighted by molar-refractivity contribution is -0.109. The van der Waals surface area contributed by atoms with Gasteiger partial charge in [0.2, 0.25) is 5.78 Å². The zero-order valence-corrected chi connectivity index (χ0v) is 13.0. The number of rotatable bonds is 6. The molecule has 116 valence electrons. The summed E-state index contributed by atoms with van der Waals surface area (Å²) < 4.78 is 0. The van der Waals surface area contributed by atoms with Crippen LogP contribution in [0.2, 0.25) is 0 Å². The van der Waals surface area contributed by atoms with Crippen LogP contribution in [0.1, 0.15) is 23.9 Å². The minimum absolute atomic E-state index is 0.0547. The van der Waals surface area contributed by atoms with Crippen LogP contribution in [0, 0.1) is 0 Å². The first-order chi connectivity index (χ1) is 11.1. The van der Waals surface area contributed by atoms with Gasteiger partial charge in [0.05, 0.1) is 5.70 Å². The molecule has 0 saturated carbocycles. The highest BCUT2D eigenvalue weighted by atomic mass is 16.3. The lowest BCUT2D eigenvalue weighted by Gasteiger charge is -1.98. The fourth-order valence-corrected chi connectivity index (χ4v) is 2.33. The van der Waals surface area contributed by atoms with Gasteiger partial charge in [-0.2, -0.15) is 0 Å². The second kappa shape index (κ2) is 6.75. The number of aliphatic imine (C=N–C) groups is 1. The molecule has 0 aliphatic carbocycles. The van der Waals surface area contributed by atoms with Gasteiger partial charge >= 0.3 is 0 Å². The van der Waals surface area contributed by atoms with Gasteiger partial charge in [-0.3, -0.25) is 4.79 Å². The minimum atomic E-state index is -0.260. The summed E-state index contributed by atoms with van der Waals surface area (Å²) in [5.74, 6) is -0.314. The van der Waals surface area contributed by atoms with E-state index in [1.165, 1.54) is 12.2 Å². The van der Waals surface area contributed by atoms with Gasteiger partial charge in [0.25, 0.3) is 0 Å². The summed E-state index contributed by atoms with van der Waals surface area (Å²) in [7, 11) is 0. The number of carbonyl (C=O) groups is 1. The Hall–Kier alpha value is -3.14. The molecule has 0 aromatic carbocycles. The van der Waals surface area contributed by atoms with E-state index in [1.807, 2.05) is 6.92 Å². The Kier molecular flexibility index (Phi) is 4.76. The molecule has 1 aliphatic heterocycles. The monoisotopic (exact) mass is 306 g/mol. The molecule has 0 amide bonds. The summed E-state index contributed by atoms with van der Waals surface area (Å²) in [5, 5.41) is 10.4. The van der Waals surface area contributed by atoms with E-state index in [-0.39, 0.29) is 22.9 Å². The third kappa shape index (κ3) is 2.79. The van der Waals surface area contributed by atoms with Crippen LogP contribution in [0.3, 0.4) is 0 Å². The number of aromatic amines is 1. The molecule has 2 rings (SSSR count). The smallest absolute Gasteiger partial charge is 0.215 e. The van der Waals surface area contributed by atoms with Gasteiger partial charge in [0.15, 0.2) is 5.75 Å². The molecule has 0 radical (unpaired) electrons. The van der Waals surface area contributed by atoms with Crippen LogP contribution in [0.4, 0.5) is 0 Å². The lowest BCUT2D eigenvalue weighted by Crippen LogP contribution is -2.13. The molecule has 0 spiro atoms. The van der Waals surface area contributed by atoms with Crippen molar-refractivity contribution in [1.82, 2.24) is 4.98 Å². The van der Waals surface area contributed by atoms with E-state index in [4.69, 9.17) is 0 Å². The second-order valence-electron chi connectivity index (χ2n) is 4.77. The van der Waals surface area contributed by atoms with Crippen molar-refractivity contribution in [3.8, 4) is 5.75 Å². The molecule has 0 bridgehead atoms. The Morgan fingerprint density at radius 1 is 1.17 bits per heavy atom. The maximum atomic E-state index is 12.6. The van der Waals surface area contributed by atoms with Crippen molar-refractivity contribution in [3.05, 3.63) is 78.3 Å². The fraction of sp³-hybridized carbons (Fsp3) is 0.0526. The summed E-state index contributed by atoms with van der Waals surface area (Å²) in [6.07, 6.45) is 11.6. The number of hydrogen-bond acceptors (Lipinski definition) is 3. The van der Waals surface area contributed by atoms with E-state index >= 15 is 0 Å². The van der Waals surface area contributed by atoms with Crippen molar-refractivity contribution in [2.75, 3.05) is 0 Å². The average Bonchev–Trinajstić information content (AvgIpc) is 3.03. The van der Waals surface area contributed by atoms with E-state index in [0.29, 0.717) is 22.5 Å². The van der Waals surface area contributed by atoms with Gasteiger partial charge in [-0.15, -0.1) is 0 Å². The number of carbonyl (C=O) groups excluding carboxylic acids is 1. The molecule has 0 fully saturated rings. The Bertz CT molecular complexity index is 815. The number of ketones is 1. The number of hydrogen-bond donors (Lipinski definition) is 2. The summed E-state index contributed by atoms with van der Waals surface area (Å²) in [6.45, 7) is 12.8. The van der Waals surface area contributed by atoms with Crippen LogP contribution in [-0.4, -0.2) is 21.6 Å². The minimum Gasteiger partial charge on any atom is -0.505 e. The highest BCUT2D eigenvalue weighted by molar-refractivity contribution is 6.54. The van der Waals surface area contributed by atoms with Gasteiger partial charge in [-0.05, 0) is 19.1 Å². The van der Waals surface area contributed by atoms with E-state index in [0.717, 1.165) is 0 Å². The topological polar surface area (TPSA) is 65.5 Å². The number of Topliss-reactive ketones (excluding diaryl/α,β-unsaturated/α-hetero) is 1. The van der Waals surface area contributed by atoms with Crippen LogP contribution in [0.5, 0.6) is 5.75 Å². The van der Waals surface area contributed by atoms with Gasteiger partial charge in [0.1, 0.15) is 11.4 Å². The van der Waals surface area contributed by atoms with Crippen molar-refractivity contribution >= 4 is 23.6 Å². The molecule has 1 aromatic heterocycles. The highest BCUT2D eigenvalue weighted by Crippen LogP contribution is 2.32. The predicted molar refractivity (Wildman–Crippen MR) is 95.4 cm³/mol. The number of aromatic hydroxyl groups is 1. The lowest BCUT2D eigenvalue weighted by atomic mass is 10.0. The van der Waals surface area contributed by atoms with Crippen molar-refractivity contribution in [1.29, 1.82) is 0 Å². The molecule has 0 atom stereocenters. The number of H-pyrrole nitrogens is 1. The summed E-state index contributed by atoms with van der Waals surface area (Å²) in [5.41, 5.74) is 2.50. The van der Waals surface area contributed by atoms with Crippen molar-refractivity contribution < 1.29 is 9.90 Å². The largest absolute Gasteiger partial charge is 0.505 e. The molecular formula is C19H18N2O2. The Labute approximate surface area is 135 Å². The van der Waals surface area contributed by atoms with Crippen molar-refractivity contribution in [3.63, 3.8) is 0 Å². The Morgan fingerprint density at radius 3 is 2.48 bits per heavy atom.